The number of aliphatic hydroxyl groups is 1. The van der Waals surface area contributed by atoms with E-state index in [2.05, 4.69) is 0 Å². The third-order valence-corrected chi connectivity index (χ3v) is 3.57. The molecule has 0 atom stereocenters. The minimum absolute atomic E-state index is 0.143. The van der Waals surface area contributed by atoms with E-state index in [0.717, 1.165) is 31.2 Å². The van der Waals surface area contributed by atoms with Crippen molar-refractivity contribution in [2.75, 3.05) is 0 Å². The van der Waals surface area contributed by atoms with Gasteiger partial charge in [0.1, 0.15) is 5.75 Å². The van der Waals surface area contributed by atoms with Crippen LogP contribution in [0.5, 0.6) is 5.75 Å². The van der Waals surface area contributed by atoms with Crippen molar-refractivity contribution in [3.63, 3.8) is 0 Å². The first kappa shape index (κ1) is 11.4. The Morgan fingerprint density at radius 3 is 2.50 bits per heavy atom. The second kappa shape index (κ2) is 4.44. The van der Waals surface area contributed by atoms with Crippen molar-refractivity contribution in [3.05, 3.63) is 29.3 Å². The molecule has 0 saturated heterocycles. The predicted molar refractivity (Wildman–Crippen MR) is 63.0 cm³/mol. The monoisotopic (exact) mass is 221 g/mol. The summed E-state index contributed by atoms with van der Waals surface area (Å²) in [6.45, 7) is -0.143. The number of phenols is 1. The Morgan fingerprint density at radius 2 is 1.88 bits per heavy atom. The van der Waals surface area contributed by atoms with Crippen LogP contribution in [0.2, 0.25) is 0 Å². The molecule has 1 aliphatic rings. The topological polar surface area (TPSA) is 66.5 Å². The third kappa shape index (κ3) is 1.93. The molecule has 2 rings (SSSR count). The van der Waals surface area contributed by atoms with Crippen LogP contribution in [0.4, 0.5) is 0 Å². The first-order valence-corrected chi connectivity index (χ1v) is 5.88. The van der Waals surface area contributed by atoms with E-state index in [9.17, 15) is 5.11 Å². The van der Waals surface area contributed by atoms with E-state index >= 15 is 0 Å². The van der Waals surface area contributed by atoms with Gasteiger partial charge in [0.2, 0.25) is 0 Å². The maximum atomic E-state index is 10.1. The van der Waals surface area contributed by atoms with Gasteiger partial charge in [0.25, 0.3) is 0 Å². The first-order chi connectivity index (χ1) is 7.67. The van der Waals surface area contributed by atoms with Gasteiger partial charge < -0.3 is 15.9 Å². The van der Waals surface area contributed by atoms with Crippen LogP contribution < -0.4 is 5.73 Å². The van der Waals surface area contributed by atoms with E-state index in [4.69, 9.17) is 10.8 Å². The van der Waals surface area contributed by atoms with E-state index in [1.165, 1.54) is 6.42 Å². The number of hydrogen-bond acceptors (Lipinski definition) is 3. The molecular formula is C13H19NO2. The van der Waals surface area contributed by atoms with Crippen molar-refractivity contribution >= 4 is 0 Å². The van der Waals surface area contributed by atoms with E-state index in [0.29, 0.717) is 5.56 Å². The standard InChI is InChI=1S/C13H19NO2/c14-13(7-2-1-3-8-13)11-6-4-5-10(9-15)12(11)16/h4-6,15-16H,1-3,7-9,14H2. The molecule has 4 N–H and O–H groups in total. The summed E-state index contributed by atoms with van der Waals surface area (Å²) in [6, 6.07) is 5.45. The molecule has 1 aromatic rings. The SMILES string of the molecule is NC1(c2cccc(CO)c2O)CCCCC1. The minimum Gasteiger partial charge on any atom is -0.507 e. The van der Waals surface area contributed by atoms with Crippen LogP contribution in [0.1, 0.15) is 43.2 Å². The van der Waals surface area contributed by atoms with E-state index in [1.807, 2.05) is 12.1 Å². The van der Waals surface area contributed by atoms with Gasteiger partial charge in [0.15, 0.2) is 0 Å². The Bertz CT molecular complexity index is 370. The molecule has 1 aromatic carbocycles. The van der Waals surface area contributed by atoms with Gasteiger partial charge in [-0.15, -0.1) is 0 Å². The quantitative estimate of drug-likeness (QED) is 0.715. The molecule has 16 heavy (non-hydrogen) atoms. The summed E-state index contributed by atoms with van der Waals surface area (Å²) in [5, 5.41) is 19.2. The largest absolute Gasteiger partial charge is 0.507 e. The van der Waals surface area contributed by atoms with Crippen LogP contribution in [0.25, 0.3) is 0 Å². The summed E-state index contributed by atoms with van der Waals surface area (Å²) in [6.07, 6.45) is 5.27. The Labute approximate surface area is 95.9 Å². The average Bonchev–Trinajstić information content (AvgIpc) is 2.30. The predicted octanol–water partition coefficient (Wildman–Crippen LogP) is 2.00. The molecule has 3 nitrogen and oxygen atoms in total. The maximum Gasteiger partial charge on any atom is 0.126 e. The Kier molecular flexibility index (Phi) is 3.17. The summed E-state index contributed by atoms with van der Waals surface area (Å²) in [5.74, 6) is 0.175. The van der Waals surface area contributed by atoms with Crippen LogP contribution in [0.3, 0.4) is 0 Å². The van der Waals surface area contributed by atoms with Crippen molar-refractivity contribution in [2.24, 2.45) is 5.73 Å². The van der Waals surface area contributed by atoms with Crippen molar-refractivity contribution in [1.29, 1.82) is 0 Å². The van der Waals surface area contributed by atoms with Crippen molar-refractivity contribution in [1.82, 2.24) is 0 Å². The highest BCUT2D eigenvalue weighted by molar-refractivity contribution is 5.44. The number of nitrogens with two attached hydrogens (primary N) is 1. The van der Waals surface area contributed by atoms with Gasteiger partial charge in [0, 0.05) is 16.7 Å². The van der Waals surface area contributed by atoms with Gasteiger partial charge in [-0.25, -0.2) is 0 Å². The number of hydrogen-bond donors (Lipinski definition) is 3. The molecule has 0 amide bonds. The molecule has 1 aliphatic carbocycles. The number of benzene rings is 1. The lowest BCUT2D eigenvalue weighted by Crippen LogP contribution is -2.38. The zero-order valence-corrected chi connectivity index (χ0v) is 9.45. The highest BCUT2D eigenvalue weighted by atomic mass is 16.3. The zero-order chi connectivity index (χ0) is 11.6. The second-order valence-electron chi connectivity index (χ2n) is 4.69. The molecule has 0 bridgehead atoms. The lowest BCUT2D eigenvalue weighted by Gasteiger charge is -2.34. The van der Waals surface area contributed by atoms with Gasteiger partial charge in [-0.2, -0.15) is 0 Å². The molecule has 0 radical (unpaired) electrons. The van der Waals surface area contributed by atoms with E-state index < -0.39 is 5.54 Å². The second-order valence-corrected chi connectivity index (χ2v) is 4.69. The lowest BCUT2D eigenvalue weighted by atomic mass is 9.76. The summed E-state index contributed by atoms with van der Waals surface area (Å²) >= 11 is 0. The minimum atomic E-state index is -0.409. The Hall–Kier alpha value is -1.06. The van der Waals surface area contributed by atoms with Crippen molar-refractivity contribution < 1.29 is 10.2 Å². The van der Waals surface area contributed by atoms with Gasteiger partial charge in [-0.05, 0) is 12.8 Å². The van der Waals surface area contributed by atoms with Gasteiger partial charge in [-0.1, -0.05) is 37.5 Å². The van der Waals surface area contributed by atoms with E-state index in [-0.39, 0.29) is 12.4 Å². The smallest absolute Gasteiger partial charge is 0.126 e. The lowest BCUT2D eigenvalue weighted by molar-refractivity contribution is 0.267. The molecule has 0 heterocycles. The van der Waals surface area contributed by atoms with Crippen LogP contribution in [-0.2, 0) is 12.1 Å². The maximum absolute atomic E-state index is 10.1. The molecule has 1 fully saturated rings. The van der Waals surface area contributed by atoms with Crippen LogP contribution >= 0.6 is 0 Å². The summed E-state index contributed by atoms with van der Waals surface area (Å²) < 4.78 is 0. The third-order valence-electron chi connectivity index (χ3n) is 3.57. The highest BCUT2D eigenvalue weighted by Gasteiger charge is 2.32. The Morgan fingerprint density at radius 1 is 1.19 bits per heavy atom. The number of para-hydroxylation sites is 1. The summed E-state index contributed by atoms with van der Waals surface area (Å²) in [5.41, 5.74) is 7.31. The molecule has 3 heteroatoms. The number of aromatic hydroxyl groups is 1. The average molecular weight is 221 g/mol. The zero-order valence-electron chi connectivity index (χ0n) is 9.45. The molecule has 0 aromatic heterocycles. The van der Waals surface area contributed by atoms with Crippen molar-refractivity contribution in [2.45, 2.75) is 44.2 Å². The fraction of sp³-hybridized carbons (Fsp3) is 0.538. The molecule has 0 aliphatic heterocycles. The van der Waals surface area contributed by atoms with Crippen LogP contribution in [0.15, 0.2) is 18.2 Å². The number of aliphatic hydroxyl groups excluding tert-OH is 1. The van der Waals surface area contributed by atoms with Crippen LogP contribution in [0, 0.1) is 0 Å². The normalized spacial score (nSPS) is 19.6. The number of rotatable bonds is 2. The molecule has 1 saturated carbocycles. The van der Waals surface area contributed by atoms with E-state index in [1.54, 1.807) is 6.07 Å². The fourth-order valence-corrected chi connectivity index (χ4v) is 2.57. The molecule has 0 unspecified atom stereocenters. The van der Waals surface area contributed by atoms with Gasteiger partial charge in [-0.3, -0.25) is 0 Å². The molecule has 88 valence electrons. The summed E-state index contributed by atoms with van der Waals surface area (Å²) in [4.78, 5) is 0. The molecular weight excluding hydrogens is 202 g/mol. The highest BCUT2D eigenvalue weighted by Crippen LogP contribution is 2.39. The molecule has 0 spiro atoms. The first-order valence-electron chi connectivity index (χ1n) is 5.88. The van der Waals surface area contributed by atoms with Crippen LogP contribution in [-0.4, -0.2) is 10.2 Å². The van der Waals surface area contributed by atoms with Crippen molar-refractivity contribution in [3.8, 4) is 5.75 Å². The van der Waals surface area contributed by atoms with Gasteiger partial charge in [0.05, 0.1) is 6.61 Å². The Balaban J connectivity index is 2.38. The fourth-order valence-electron chi connectivity index (χ4n) is 2.57. The summed E-state index contributed by atoms with van der Waals surface area (Å²) in [7, 11) is 0. The van der Waals surface area contributed by atoms with Gasteiger partial charge >= 0.3 is 0 Å².